The number of hydrogen-bond donors (Lipinski definition) is 2. The topological polar surface area (TPSA) is 95.9 Å². The lowest BCUT2D eigenvalue weighted by Gasteiger charge is -2.18. The molecule has 0 aliphatic carbocycles. The van der Waals surface area contributed by atoms with E-state index in [1.807, 2.05) is 6.92 Å². The smallest absolute Gasteiger partial charge is 0.272 e. The minimum absolute atomic E-state index is 0.125. The van der Waals surface area contributed by atoms with Crippen molar-refractivity contribution in [3.05, 3.63) is 59.0 Å². The number of nitrogens with one attached hydrogen (secondary N) is 1. The van der Waals surface area contributed by atoms with Crippen LogP contribution in [0.2, 0.25) is 0 Å². The molecule has 8 heteroatoms. The number of imide groups is 1. The number of amides is 3. The van der Waals surface area contributed by atoms with Crippen LogP contribution in [-0.4, -0.2) is 41.8 Å². The molecule has 0 spiro atoms. The molecule has 156 valence electrons. The summed E-state index contributed by atoms with van der Waals surface area (Å²) in [6.07, 6.45) is 0. The SMILES string of the molecule is CCOc1ccccc1N1C(=O)C(SCCO)=C(c2ccc(NC(C)=O)cc2)C1=O. The van der Waals surface area contributed by atoms with Gasteiger partial charge in [-0.05, 0) is 36.8 Å². The maximum Gasteiger partial charge on any atom is 0.272 e. The number of nitrogens with zero attached hydrogens (tertiary/aromatic N) is 1. The van der Waals surface area contributed by atoms with Crippen LogP contribution >= 0.6 is 11.8 Å². The number of hydrogen-bond acceptors (Lipinski definition) is 6. The summed E-state index contributed by atoms with van der Waals surface area (Å²) in [5, 5.41) is 11.9. The van der Waals surface area contributed by atoms with Crippen molar-refractivity contribution in [2.75, 3.05) is 29.2 Å². The first kappa shape index (κ1) is 21.6. The van der Waals surface area contributed by atoms with Gasteiger partial charge >= 0.3 is 0 Å². The van der Waals surface area contributed by atoms with Crippen molar-refractivity contribution in [3.8, 4) is 5.75 Å². The molecule has 0 bridgehead atoms. The van der Waals surface area contributed by atoms with E-state index >= 15 is 0 Å². The van der Waals surface area contributed by atoms with Gasteiger partial charge in [-0.3, -0.25) is 14.4 Å². The Morgan fingerprint density at radius 3 is 2.43 bits per heavy atom. The predicted molar refractivity (Wildman–Crippen MR) is 117 cm³/mol. The highest BCUT2D eigenvalue weighted by Crippen LogP contribution is 2.41. The molecule has 1 heterocycles. The quantitative estimate of drug-likeness (QED) is 0.630. The molecule has 0 unspecified atom stereocenters. The fourth-order valence-electron chi connectivity index (χ4n) is 3.11. The molecule has 0 radical (unpaired) electrons. The summed E-state index contributed by atoms with van der Waals surface area (Å²) in [6.45, 7) is 3.50. The molecular formula is C22H22N2O5S. The van der Waals surface area contributed by atoms with Gasteiger partial charge in [0.15, 0.2) is 0 Å². The lowest BCUT2D eigenvalue weighted by molar-refractivity contribution is -0.120. The van der Waals surface area contributed by atoms with Gasteiger partial charge in [-0.1, -0.05) is 24.3 Å². The largest absolute Gasteiger partial charge is 0.492 e. The Labute approximate surface area is 178 Å². The number of anilines is 2. The Morgan fingerprint density at radius 1 is 1.10 bits per heavy atom. The van der Waals surface area contributed by atoms with Gasteiger partial charge in [-0.15, -0.1) is 11.8 Å². The van der Waals surface area contributed by atoms with E-state index < -0.39 is 11.8 Å². The Bertz CT molecular complexity index is 1000. The molecule has 1 aliphatic rings. The van der Waals surface area contributed by atoms with Gasteiger partial charge in [0.1, 0.15) is 5.75 Å². The Balaban J connectivity index is 2.03. The van der Waals surface area contributed by atoms with E-state index in [0.29, 0.717) is 29.3 Å². The normalized spacial score (nSPS) is 13.8. The van der Waals surface area contributed by atoms with Crippen LogP contribution in [0.1, 0.15) is 19.4 Å². The lowest BCUT2D eigenvalue weighted by atomic mass is 10.1. The van der Waals surface area contributed by atoms with Crippen LogP contribution in [0.15, 0.2) is 53.4 Å². The fraction of sp³-hybridized carbons (Fsp3) is 0.227. The summed E-state index contributed by atoms with van der Waals surface area (Å²) in [7, 11) is 0. The summed E-state index contributed by atoms with van der Waals surface area (Å²) < 4.78 is 5.60. The van der Waals surface area contributed by atoms with Crippen molar-refractivity contribution < 1.29 is 24.2 Å². The van der Waals surface area contributed by atoms with Gasteiger partial charge < -0.3 is 15.2 Å². The number of carbonyl (C=O) groups excluding carboxylic acids is 3. The number of thioether (sulfide) groups is 1. The van der Waals surface area contributed by atoms with Gasteiger partial charge in [-0.2, -0.15) is 0 Å². The summed E-state index contributed by atoms with van der Waals surface area (Å²) in [4.78, 5) is 39.2. The zero-order valence-corrected chi connectivity index (χ0v) is 17.5. The Kier molecular flexibility index (Phi) is 6.91. The number of aliphatic hydroxyl groups is 1. The van der Waals surface area contributed by atoms with E-state index in [-0.39, 0.29) is 28.7 Å². The summed E-state index contributed by atoms with van der Waals surface area (Å²) in [6, 6.07) is 13.6. The summed E-state index contributed by atoms with van der Waals surface area (Å²) in [5.41, 5.74) is 1.78. The Morgan fingerprint density at radius 2 is 1.80 bits per heavy atom. The maximum atomic E-state index is 13.4. The molecule has 0 atom stereocenters. The van der Waals surface area contributed by atoms with Crippen molar-refractivity contribution in [2.24, 2.45) is 0 Å². The summed E-state index contributed by atoms with van der Waals surface area (Å²) >= 11 is 1.14. The first-order valence-corrected chi connectivity index (χ1v) is 10.4. The van der Waals surface area contributed by atoms with E-state index in [2.05, 4.69) is 5.32 Å². The fourth-order valence-corrected chi connectivity index (χ4v) is 3.97. The highest BCUT2D eigenvalue weighted by Gasteiger charge is 2.41. The second-order valence-corrected chi connectivity index (χ2v) is 7.49. The molecule has 2 aromatic carbocycles. The second-order valence-electron chi connectivity index (χ2n) is 6.38. The minimum Gasteiger partial charge on any atom is -0.492 e. The van der Waals surface area contributed by atoms with Crippen LogP contribution in [0, 0.1) is 0 Å². The van der Waals surface area contributed by atoms with Crippen LogP contribution in [0.3, 0.4) is 0 Å². The third kappa shape index (κ3) is 4.39. The molecule has 1 aliphatic heterocycles. The average Bonchev–Trinajstić information content (AvgIpc) is 2.97. The van der Waals surface area contributed by atoms with Gasteiger partial charge in [0.2, 0.25) is 5.91 Å². The molecule has 2 N–H and O–H groups in total. The monoisotopic (exact) mass is 426 g/mol. The molecule has 0 fully saturated rings. The number of ether oxygens (including phenoxy) is 1. The predicted octanol–water partition coefficient (Wildman–Crippen LogP) is 3.05. The standard InChI is InChI=1S/C22H22N2O5S/c1-3-29-18-7-5-4-6-17(18)24-21(27)19(20(22(24)28)30-13-12-25)15-8-10-16(11-9-15)23-14(2)26/h4-11,25H,3,12-13H2,1-2H3,(H,23,26). The van der Waals surface area contributed by atoms with E-state index in [4.69, 9.17) is 4.74 Å². The molecule has 7 nitrogen and oxygen atoms in total. The molecular weight excluding hydrogens is 404 g/mol. The van der Waals surface area contributed by atoms with Crippen molar-refractivity contribution in [3.63, 3.8) is 0 Å². The first-order chi connectivity index (χ1) is 14.5. The third-order valence-corrected chi connectivity index (χ3v) is 5.33. The van der Waals surface area contributed by atoms with Crippen LogP contribution < -0.4 is 15.0 Å². The molecule has 3 amide bonds. The van der Waals surface area contributed by atoms with E-state index in [1.165, 1.54) is 6.92 Å². The number of aliphatic hydroxyl groups excluding tert-OH is 1. The highest BCUT2D eigenvalue weighted by molar-refractivity contribution is 8.04. The average molecular weight is 426 g/mol. The minimum atomic E-state index is -0.458. The van der Waals surface area contributed by atoms with Gasteiger partial charge in [0.25, 0.3) is 11.8 Å². The number of benzene rings is 2. The van der Waals surface area contributed by atoms with E-state index in [0.717, 1.165) is 16.7 Å². The van der Waals surface area contributed by atoms with Crippen molar-refractivity contribution in [1.82, 2.24) is 0 Å². The van der Waals surface area contributed by atoms with Crippen molar-refractivity contribution >= 4 is 46.4 Å². The highest BCUT2D eigenvalue weighted by atomic mass is 32.2. The van der Waals surface area contributed by atoms with Crippen LogP contribution in [0.5, 0.6) is 5.75 Å². The number of rotatable bonds is 8. The van der Waals surface area contributed by atoms with Gasteiger partial charge in [-0.25, -0.2) is 4.90 Å². The number of carbonyl (C=O) groups is 3. The van der Waals surface area contributed by atoms with Gasteiger partial charge in [0.05, 0.1) is 29.4 Å². The zero-order valence-electron chi connectivity index (χ0n) is 16.7. The van der Waals surface area contributed by atoms with Crippen molar-refractivity contribution in [1.29, 1.82) is 0 Å². The second kappa shape index (κ2) is 9.60. The third-order valence-electron chi connectivity index (χ3n) is 4.28. The maximum absolute atomic E-state index is 13.4. The first-order valence-electron chi connectivity index (χ1n) is 9.44. The van der Waals surface area contributed by atoms with E-state index in [9.17, 15) is 19.5 Å². The molecule has 0 saturated carbocycles. The van der Waals surface area contributed by atoms with Crippen LogP contribution in [-0.2, 0) is 14.4 Å². The molecule has 3 rings (SSSR count). The van der Waals surface area contributed by atoms with Crippen LogP contribution in [0.4, 0.5) is 11.4 Å². The van der Waals surface area contributed by atoms with Gasteiger partial charge in [0, 0.05) is 18.4 Å². The summed E-state index contributed by atoms with van der Waals surface area (Å²) in [5.74, 6) is -0.392. The molecule has 0 saturated heterocycles. The molecule has 30 heavy (non-hydrogen) atoms. The Hall–Kier alpha value is -3.10. The van der Waals surface area contributed by atoms with Crippen molar-refractivity contribution in [2.45, 2.75) is 13.8 Å². The number of para-hydroxylation sites is 2. The molecule has 0 aromatic heterocycles. The lowest BCUT2D eigenvalue weighted by Crippen LogP contribution is -2.31. The van der Waals surface area contributed by atoms with Crippen LogP contribution in [0.25, 0.3) is 5.57 Å². The molecule has 2 aromatic rings. The zero-order chi connectivity index (χ0) is 21.7. The van der Waals surface area contributed by atoms with E-state index in [1.54, 1.807) is 48.5 Å².